The van der Waals surface area contributed by atoms with Crippen LogP contribution >= 0.6 is 34.7 Å². The Labute approximate surface area is 107 Å². The van der Waals surface area contributed by atoms with Crippen molar-refractivity contribution in [2.75, 3.05) is 0 Å². The highest BCUT2D eigenvalue weighted by Crippen LogP contribution is 2.40. The second-order valence-corrected chi connectivity index (χ2v) is 6.18. The molecule has 0 radical (unpaired) electrons. The van der Waals surface area contributed by atoms with Crippen LogP contribution in [0.2, 0.25) is 4.34 Å². The third kappa shape index (κ3) is 2.79. The number of hydrogen-bond acceptors (Lipinski definition) is 5. The zero-order valence-corrected chi connectivity index (χ0v) is 11.0. The van der Waals surface area contributed by atoms with Crippen molar-refractivity contribution in [2.45, 2.75) is 23.4 Å². The van der Waals surface area contributed by atoms with Crippen LogP contribution in [-0.4, -0.2) is 11.0 Å². The monoisotopic (exact) mass is 274 g/mol. The molecular weight excluding hydrogens is 264 g/mol. The van der Waals surface area contributed by atoms with Crippen molar-refractivity contribution in [3.63, 3.8) is 0 Å². The molecule has 0 bridgehead atoms. The van der Waals surface area contributed by atoms with E-state index in [0.29, 0.717) is 5.22 Å². The summed E-state index contributed by atoms with van der Waals surface area (Å²) in [6.07, 6.45) is 3.18. The van der Waals surface area contributed by atoms with Gasteiger partial charge in [0.25, 0.3) is 5.22 Å². The maximum absolute atomic E-state index is 5.97. The average molecular weight is 275 g/mol. The molecule has 2 N–H and O–H groups in total. The van der Waals surface area contributed by atoms with Crippen molar-refractivity contribution in [3.05, 3.63) is 33.8 Å². The number of aromatic nitrogens is 1. The summed E-state index contributed by atoms with van der Waals surface area (Å²) in [4.78, 5) is 5.22. The molecule has 3 nitrogen and oxygen atoms in total. The molecule has 0 aliphatic carbocycles. The highest BCUT2D eigenvalue weighted by atomic mass is 35.5. The fraction of sp³-hybridized carbons (Fsp3) is 0.300. The van der Waals surface area contributed by atoms with Gasteiger partial charge in [0, 0.05) is 10.9 Å². The van der Waals surface area contributed by atoms with E-state index in [1.807, 2.05) is 19.1 Å². The van der Waals surface area contributed by atoms with Gasteiger partial charge in [-0.3, -0.25) is 0 Å². The molecule has 2 atom stereocenters. The zero-order chi connectivity index (χ0) is 11.5. The molecule has 0 aromatic carbocycles. The Balaban J connectivity index is 2.18. The molecule has 0 saturated carbocycles. The van der Waals surface area contributed by atoms with E-state index in [2.05, 4.69) is 4.98 Å². The molecule has 0 aliphatic heterocycles. The van der Waals surface area contributed by atoms with E-state index in [1.165, 1.54) is 11.8 Å². The van der Waals surface area contributed by atoms with Gasteiger partial charge in [-0.1, -0.05) is 23.4 Å². The summed E-state index contributed by atoms with van der Waals surface area (Å²) in [5.74, 6) is 0. The van der Waals surface area contributed by atoms with Crippen LogP contribution in [0.25, 0.3) is 0 Å². The molecule has 2 heterocycles. The lowest BCUT2D eigenvalue weighted by Gasteiger charge is -2.16. The van der Waals surface area contributed by atoms with Crippen molar-refractivity contribution < 1.29 is 4.42 Å². The highest BCUT2D eigenvalue weighted by molar-refractivity contribution is 7.99. The van der Waals surface area contributed by atoms with Gasteiger partial charge in [-0.25, -0.2) is 4.98 Å². The summed E-state index contributed by atoms with van der Waals surface area (Å²) in [7, 11) is 0. The van der Waals surface area contributed by atoms with E-state index in [1.54, 1.807) is 23.8 Å². The Kier molecular flexibility index (Phi) is 3.91. The summed E-state index contributed by atoms with van der Waals surface area (Å²) in [6, 6.07) is 3.89. The lowest BCUT2D eigenvalue weighted by molar-refractivity contribution is 0.452. The van der Waals surface area contributed by atoms with Crippen molar-refractivity contribution >= 4 is 34.7 Å². The molecule has 0 saturated heterocycles. The topological polar surface area (TPSA) is 52.0 Å². The number of thioether (sulfide) groups is 1. The molecule has 6 heteroatoms. The summed E-state index contributed by atoms with van der Waals surface area (Å²) in [5.41, 5.74) is 5.97. The summed E-state index contributed by atoms with van der Waals surface area (Å²) < 4.78 is 5.98. The van der Waals surface area contributed by atoms with E-state index < -0.39 is 0 Å². The maximum Gasteiger partial charge on any atom is 0.256 e. The minimum atomic E-state index is 0.00613. The molecule has 0 fully saturated rings. The lowest BCUT2D eigenvalue weighted by Crippen LogP contribution is -2.21. The van der Waals surface area contributed by atoms with Gasteiger partial charge in [-0.2, -0.15) is 0 Å². The van der Waals surface area contributed by atoms with Crippen LogP contribution in [-0.2, 0) is 0 Å². The van der Waals surface area contributed by atoms with Gasteiger partial charge in [0.1, 0.15) is 6.26 Å². The van der Waals surface area contributed by atoms with Gasteiger partial charge in [0.15, 0.2) is 0 Å². The average Bonchev–Trinajstić information content (AvgIpc) is 2.84. The molecule has 2 aromatic heterocycles. The van der Waals surface area contributed by atoms with Crippen LogP contribution in [0, 0.1) is 0 Å². The van der Waals surface area contributed by atoms with Gasteiger partial charge in [0.2, 0.25) is 0 Å². The number of hydrogen-bond donors (Lipinski definition) is 1. The molecule has 2 rings (SSSR count). The Morgan fingerprint density at radius 3 is 2.88 bits per heavy atom. The van der Waals surface area contributed by atoms with Gasteiger partial charge >= 0.3 is 0 Å². The number of thiophene rings is 1. The predicted octanol–water partition coefficient (Wildman–Crippen LogP) is 3.57. The first kappa shape index (κ1) is 12.0. The number of rotatable bonds is 4. The van der Waals surface area contributed by atoms with E-state index in [-0.39, 0.29) is 11.3 Å². The second kappa shape index (κ2) is 5.23. The number of halogens is 1. The Hall–Kier alpha value is -0.490. The van der Waals surface area contributed by atoms with Crippen LogP contribution in [0.1, 0.15) is 17.1 Å². The molecule has 16 heavy (non-hydrogen) atoms. The summed E-state index contributed by atoms with van der Waals surface area (Å²) in [5, 5.41) is 0.753. The quantitative estimate of drug-likeness (QED) is 0.866. The van der Waals surface area contributed by atoms with Crippen LogP contribution in [0.3, 0.4) is 0 Å². The third-order valence-corrected chi connectivity index (χ3v) is 4.79. The Bertz CT molecular complexity index is 441. The standard InChI is InChI=1S/C10H11ClN2OS2/c1-6(12)9(7-2-3-8(11)15-7)16-10-13-4-5-14-10/h2-6,9H,12H2,1H3. The molecule has 86 valence electrons. The molecule has 2 aromatic rings. The largest absolute Gasteiger partial charge is 0.440 e. The minimum absolute atomic E-state index is 0.00613. The number of nitrogens with zero attached hydrogens (tertiary/aromatic N) is 1. The summed E-state index contributed by atoms with van der Waals surface area (Å²) >= 11 is 8.98. The second-order valence-electron chi connectivity index (χ2n) is 3.34. The Morgan fingerprint density at radius 2 is 2.38 bits per heavy atom. The van der Waals surface area contributed by atoms with Gasteiger partial charge in [-0.15, -0.1) is 11.3 Å². The van der Waals surface area contributed by atoms with E-state index >= 15 is 0 Å². The maximum atomic E-state index is 5.97. The highest BCUT2D eigenvalue weighted by Gasteiger charge is 2.21. The molecular formula is C10H11ClN2OS2. The van der Waals surface area contributed by atoms with Crippen molar-refractivity contribution in [3.8, 4) is 0 Å². The van der Waals surface area contributed by atoms with Gasteiger partial charge in [-0.05, 0) is 19.1 Å². The van der Waals surface area contributed by atoms with E-state index in [9.17, 15) is 0 Å². The van der Waals surface area contributed by atoms with Crippen molar-refractivity contribution in [1.82, 2.24) is 4.98 Å². The molecule has 2 unspecified atom stereocenters. The zero-order valence-electron chi connectivity index (χ0n) is 8.59. The first-order valence-corrected chi connectivity index (χ1v) is 6.81. The smallest absolute Gasteiger partial charge is 0.256 e. The van der Waals surface area contributed by atoms with E-state index in [4.69, 9.17) is 21.8 Å². The molecule has 0 spiro atoms. The summed E-state index contributed by atoms with van der Waals surface area (Å²) in [6.45, 7) is 1.97. The van der Waals surface area contributed by atoms with Crippen molar-refractivity contribution in [2.24, 2.45) is 5.73 Å². The van der Waals surface area contributed by atoms with Crippen LogP contribution in [0.5, 0.6) is 0 Å². The van der Waals surface area contributed by atoms with Gasteiger partial charge < -0.3 is 10.2 Å². The fourth-order valence-corrected chi connectivity index (χ4v) is 3.59. The SMILES string of the molecule is CC(N)C(Sc1ncco1)c1ccc(Cl)s1. The lowest BCUT2D eigenvalue weighted by atomic mass is 10.2. The van der Waals surface area contributed by atoms with E-state index in [0.717, 1.165) is 9.21 Å². The van der Waals surface area contributed by atoms with Crippen molar-refractivity contribution in [1.29, 1.82) is 0 Å². The van der Waals surface area contributed by atoms with Crippen LogP contribution in [0.4, 0.5) is 0 Å². The normalized spacial score (nSPS) is 14.9. The molecule has 0 amide bonds. The minimum Gasteiger partial charge on any atom is -0.440 e. The Morgan fingerprint density at radius 1 is 1.56 bits per heavy atom. The third-order valence-electron chi connectivity index (χ3n) is 1.99. The first-order valence-electron chi connectivity index (χ1n) is 4.74. The van der Waals surface area contributed by atoms with Gasteiger partial charge in [0.05, 0.1) is 15.8 Å². The number of nitrogens with two attached hydrogens (primary N) is 1. The first-order chi connectivity index (χ1) is 7.66. The van der Waals surface area contributed by atoms with Crippen LogP contribution < -0.4 is 5.73 Å². The predicted molar refractivity (Wildman–Crippen MR) is 68.1 cm³/mol. The molecule has 0 aliphatic rings. The number of oxazole rings is 1. The fourth-order valence-electron chi connectivity index (χ4n) is 1.28. The van der Waals surface area contributed by atoms with Crippen LogP contribution in [0.15, 0.2) is 34.2 Å².